The molecule has 2 aliphatic rings. The van der Waals surface area contributed by atoms with Crippen molar-refractivity contribution < 1.29 is 8.42 Å². The van der Waals surface area contributed by atoms with Crippen LogP contribution in [0, 0.1) is 6.92 Å². The Balaban J connectivity index is 1.47. The van der Waals surface area contributed by atoms with Crippen LogP contribution in [-0.4, -0.2) is 53.2 Å². The maximum atomic E-state index is 12.3. The molecule has 1 saturated carbocycles. The van der Waals surface area contributed by atoms with Crippen LogP contribution >= 0.6 is 11.6 Å². The molecule has 2 fully saturated rings. The molecule has 0 spiro atoms. The van der Waals surface area contributed by atoms with E-state index in [0.29, 0.717) is 24.5 Å². The minimum atomic E-state index is -3.03. The summed E-state index contributed by atoms with van der Waals surface area (Å²) in [7, 11) is -1.02. The molecule has 2 aromatic rings. The molecule has 5 nitrogen and oxygen atoms in total. The van der Waals surface area contributed by atoms with E-state index in [0.717, 1.165) is 50.0 Å². The SMILES string of the molecule is Cc1cc(C2CCC(N3C[C@H](S(C)(=O)=O)CC[C@@H]3Cc3ccc(Cl)cc3)CC2)nn1C. The Kier molecular flexibility index (Phi) is 6.80. The summed E-state index contributed by atoms with van der Waals surface area (Å²) in [5, 5.41) is 5.22. The molecule has 170 valence electrons. The highest BCUT2D eigenvalue weighted by Gasteiger charge is 2.38. The van der Waals surface area contributed by atoms with Gasteiger partial charge >= 0.3 is 0 Å². The monoisotopic (exact) mass is 463 g/mol. The molecule has 1 aromatic heterocycles. The molecule has 0 amide bonds. The Morgan fingerprint density at radius 2 is 1.74 bits per heavy atom. The van der Waals surface area contributed by atoms with Crippen molar-refractivity contribution in [2.45, 2.75) is 75.1 Å². The number of benzene rings is 1. The first kappa shape index (κ1) is 22.8. The number of piperidine rings is 1. The molecule has 2 heterocycles. The highest BCUT2D eigenvalue weighted by molar-refractivity contribution is 7.91. The van der Waals surface area contributed by atoms with E-state index in [1.165, 1.54) is 23.2 Å². The molecule has 0 radical (unpaired) electrons. The fourth-order valence-electron chi connectivity index (χ4n) is 5.42. The van der Waals surface area contributed by atoms with E-state index >= 15 is 0 Å². The molecule has 1 aliphatic heterocycles. The Hall–Kier alpha value is -1.37. The van der Waals surface area contributed by atoms with E-state index in [9.17, 15) is 8.42 Å². The van der Waals surface area contributed by atoms with Crippen LogP contribution in [0.5, 0.6) is 0 Å². The van der Waals surface area contributed by atoms with Crippen molar-refractivity contribution in [3.63, 3.8) is 0 Å². The molecule has 4 rings (SSSR count). The van der Waals surface area contributed by atoms with Gasteiger partial charge in [0.1, 0.15) is 0 Å². The largest absolute Gasteiger partial charge is 0.296 e. The molecule has 1 aromatic carbocycles. The zero-order valence-electron chi connectivity index (χ0n) is 18.8. The minimum Gasteiger partial charge on any atom is -0.296 e. The first-order chi connectivity index (χ1) is 14.7. The zero-order valence-corrected chi connectivity index (χ0v) is 20.4. The lowest BCUT2D eigenvalue weighted by atomic mass is 9.81. The number of rotatable bonds is 5. The fourth-order valence-corrected chi connectivity index (χ4v) is 6.55. The highest BCUT2D eigenvalue weighted by Crippen LogP contribution is 2.37. The Morgan fingerprint density at radius 3 is 2.32 bits per heavy atom. The van der Waals surface area contributed by atoms with Gasteiger partial charge in [-0.25, -0.2) is 8.42 Å². The van der Waals surface area contributed by atoms with Gasteiger partial charge in [0.05, 0.1) is 10.9 Å². The number of halogens is 1. The van der Waals surface area contributed by atoms with E-state index in [2.05, 4.69) is 30.0 Å². The van der Waals surface area contributed by atoms with Gasteiger partial charge < -0.3 is 0 Å². The number of aromatic nitrogens is 2. The molecule has 0 unspecified atom stereocenters. The summed E-state index contributed by atoms with van der Waals surface area (Å²) >= 11 is 6.07. The normalized spacial score (nSPS) is 28.0. The zero-order chi connectivity index (χ0) is 22.2. The smallest absolute Gasteiger partial charge is 0.151 e. The van der Waals surface area contributed by atoms with Gasteiger partial charge in [0.15, 0.2) is 9.84 Å². The van der Waals surface area contributed by atoms with Crippen molar-refractivity contribution in [1.82, 2.24) is 14.7 Å². The Labute approximate surface area is 191 Å². The summed E-state index contributed by atoms with van der Waals surface area (Å²) in [6.07, 6.45) is 8.49. The first-order valence-corrected chi connectivity index (χ1v) is 13.7. The van der Waals surface area contributed by atoms with Gasteiger partial charge in [0.2, 0.25) is 0 Å². The molecular weight excluding hydrogens is 430 g/mol. The standard InChI is InChI=1S/C24H34ClN3O2S/c1-17-14-24(26-27(17)2)19-6-10-21(11-7-19)28-16-23(31(3,29)30)13-12-22(28)15-18-4-8-20(25)9-5-18/h4-5,8-9,14,19,21-23H,6-7,10-13,15-16H2,1-3H3/t19?,21?,22-,23-/m1/s1. The van der Waals surface area contributed by atoms with Crippen molar-refractivity contribution in [3.05, 3.63) is 52.3 Å². The van der Waals surface area contributed by atoms with E-state index in [1.54, 1.807) is 0 Å². The fraction of sp³-hybridized carbons (Fsp3) is 0.625. The number of likely N-dealkylation sites (tertiary alicyclic amines) is 1. The lowest BCUT2D eigenvalue weighted by Crippen LogP contribution is -2.53. The van der Waals surface area contributed by atoms with E-state index in [1.807, 2.05) is 23.9 Å². The molecule has 31 heavy (non-hydrogen) atoms. The van der Waals surface area contributed by atoms with Crippen LogP contribution in [0.4, 0.5) is 0 Å². The maximum Gasteiger partial charge on any atom is 0.151 e. The molecule has 0 bridgehead atoms. The van der Waals surface area contributed by atoms with Gasteiger partial charge in [-0.3, -0.25) is 9.58 Å². The number of aryl methyl sites for hydroxylation is 2. The minimum absolute atomic E-state index is 0.245. The first-order valence-electron chi connectivity index (χ1n) is 11.4. The predicted molar refractivity (Wildman–Crippen MR) is 126 cm³/mol. The summed E-state index contributed by atoms with van der Waals surface area (Å²) in [6, 6.07) is 11.1. The van der Waals surface area contributed by atoms with Gasteiger partial charge in [0.25, 0.3) is 0 Å². The number of hydrogen-bond donors (Lipinski definition) is 0. The molecule has 7 heteroatoms. The average Bonchev–Trinajstić information content (AvgIpc) is 3.08. The van der Waals surface area contributed by atoms with Crippen molar-refractivity contribution in [1.29, 1.82) is 0 Å². The number of hydrogen-bond acceptors (Lipinski definition) is 4. The van der Waals surface area contributed by atoms with Crippen LogP contribution in [-0.2, 0) is 23.3 Å². The van der Waals surface area contributed by atoms with Gasteiger partial charge in [-0.1, -0.05) is 23.7 Å². The van der Waals surface area contributed by atoms with Crippen molar-refractivity contribution in [2.75, 3.05) is 12.8 Å². The predicted octanol–water partition coefficient (Wildman–Crippen LogP) is 4.53. The van der Waals surface area contributed by atoms with Gasteiger partial charge in [0, 0.05) is 48.6 Å². The highest BCUT2D eigenvalue weighted by atomic mass is 35.5. The van der Waals surface area contributed by atoms with Crippen LogP contribution in [0.3, 0.4) is 0 Å². The Morgan fingerprint density at radius 1 is 1.06 bits per heavy atom. The Bertz CT molecular complexity index is 975. The van der Waals surface area contributed by atoms with Crippen molar-refractivity contribution in [3.8, 4) is 0 Å². The molecule has 0 N–H and O–H groups in total. The second kappa shape index (κ2) is 9.24. The second-order valence-corrected chi connectivity index (χ2v) is 12.3. The third-order valence-corrected chi connectivity index (χ3v) is 9.26. The summed E-state index contributed by atoms with van der Waals surface area (Å²) in [4.78, 5) is 2.53. The van der Waals surface area contributed by atoms with E-state index < -0.39 is 9.84 Å². The number of sulfone groups is 1. The van der Waals surface area contributed by atoms with Crippen LogP contribution in [0.15, 0.2) is 30.3 Å². The van der Waals surface area contributed by atoms with Crippen molar-refractivity contribution in [2.24, 2.45) is 7.05 Å². The van der Waals surface area contributed by atoms with E-state index in [4.69, 9.17) is 16.7 Å². The van der Waals surface area contributed by atoms with E-state index in [-0.39, 0.29) is 5.25 Å². The van der Waals surface area contributed by atoms with Crippen molar-refractivity contribution >= 4 is 21.4 Å². The summed E-state index contributed by atoms with van der Waals surface area (Å²) < 4.78 is 26.6. The van der Waals surface area contributed by atoms with Gasteiger partial charge in [-0.15, -0.1) is 0 Å². The molecular formula is C24H34ClN3O2S. The molecule has 2 atom stereocenters. The lowest BCUT2D eigenvalue weighted by Gasteiger charge is -2.46. The summed E-state index contributed by atoms with van der Waals surface area (Å²) in [5.74, 6) is 0.515. The van der Waals surface area contributed by atoms with Crippen LogP contribution in [0.1, 0.15) is 61.4 Å². The second-order valence-electron chi connectivity index (χ2n) is 9.55. The van der Waals surface area contributed by atoms with Crippen LogP contribution < -0.4 is 0 Å². The third-order valence-electron chi connectivity index (χ3n) is 7.41. The lowest BCUT2D eigenvalue weighted by molar-refractivity contribution is 0.0703. The maximum absolute atomic E-state index is 12.3. The third kappa shape index (κ3) is 5.35. The molecule has 1 saturated heterocycles. The summed E-state index contributed by atoms with van der Waals surface area (Å²) in [6.45, 7) is 2.76. The van der Waals surface area contributed by atoms with Crippen LogP contribution in [0.2, 0.25) is 5.02 Å². The summed E-state index contributed by atoms with van der Waals surface area (Å²) in [5.41, 5.74) is 3.69. The quantitative estimate of drug-likeness (QED) is 0.653. The molecule has 1 aliphatic carbocycles. The van der Waals surface area contributed by atoms with Gasteiger partial charge in [-0.2, -0.15) is 5.10 Å². The van der Waals surface area contributed by atoms with Crippen LogP contribution in [0.25, 0.3) is 0 Å². The average molecular weight is 464 g/mol. The number of nitrogens with zero attached hydrogens (tertiary/aromatic N) is 3. The van der Waals surface area contributed by atoms with Gasteiger partial charge in [-0.05, 0) is 75.6 Å². The topological polar surface area (TPSA) is 55.2 Å².